The van der Waals surface area contributed by atoms with Gasteiger partial charge < -0.3 is 11.1 Å². The summed E-state index contributed by atoms with van der Waals surface area (Å²) in [4.78, 5) is 16.1. The standard InChI is InChI=1S/C13H11BrClN3O/c1-7-2-12(17-6-11(7)14)18-13(19)8-3-9(15)5-10(16)4-8/h2-6H,16H2,1H3,(H,17,18,19). The van der Waals surface area contributed by atoms with Crippen molar-refractivity contribution in [2.45, 2.75) is 6.92 Å². The summed E-state index contributed by atoms with van der Waals surface area (Å²) in [6, 6.07) is 6.47. The molecule has 19 heavy (non-hydrogen) atoms. The highest BCUT2D eigenvalue weighted by Gasteiger charge is 2.09. The fourth-order valence-corrected chi connectivity index (χ4v) is 2.00. The highest BCUT2D eigenvalue weighted by atomic mass is 79.9. The molecule has 0 saturated carbocycles. The van der Waals surface area contributed by atoms with Crippen LogP contribution in [0.4, 0.5) is 11.5 Å². The summed E-state index contributed by atoms with van der Waals surface area (Å²) >= 11 is 9.21. The van der Waals surface area contributed by atoms with Gasteiger partial charge in [0.25, 0.3) is 5.91 Å². The quantitative estimate of drug-likeness (QED) is 0.820. The van der Waals surface area contributed by atoms with Gasteiger partial charge in [0.05, 0.1) is 0 Å². The third-order valence-electron chi connectivity index (χ3n) is 2.47. The maximum absolute atomic E-state index is 12.0. The summed E-state index contributed by atoms with van der Waals surface area (Å²) in [5.41, 5.74) is 7.47. The van der Waals surface area contributed by atoms with Crippen molar-refractivity contribution in [1.82, 2.24) is 4.98 Å². The highest BCUT2D eigenvalue weighted by Crippen LogP contribution is 2.20. The first-order valence-electron chi connectivity index (χ1n) is 5.45. The van der Waals surface area contributed by atoms with Crippen LogP contribution in [0.15, 0.2) is 34.9 Å². The summed E-state index contributed by atoms with van der Waals surface area (Å²) < 4.78 is 0.887. The molecule has 1 amide bonds. The van der Waals surface area contributed by atoms with E-state index >= 15 is 0 Å². The molecule has 0 aliphatic heterocycles. The number of aromatic nitrogens is 1. The Kier molecular flexibility index (Phi) is 4.07. The molecule has 0 radical (unpaired) electrons. The third-order valence-corrected chi connectivity index (χ3v) is 3.52. The molecule has 0 fully saturated rings. The van der Waals surface area contributed by atoms with Crippen molar-refractivity contribution in [3.63, 3.8) is 0 Å². The summed E-state index contributed by atoms with van der Waals surface area (Å²) in [5, 5.41) is 3.12. The van der Waals surface area contributed by atoms with Crippen LogP contribution in [0.5, 0.6) is 0 Å². The number of anilines is 2. The van der Waals surface area contributed by atoms with Gasteiger partial charge in [-0.05, 0) is 52.7 Å². The van der Waals surface area contributed by atoms with Gasteiger partial charge in [-0.25, -0.2) is 4.98 Å². The zero-order chi connectivity index (χ0) is 14.0. The van der Waals surface area contributed by atoms with Crippen molar-refractivity contribution in [1.29, 1.82) is 0 Å². The Morgan fingerprint density at radius 2 is 2.11 bits per heavy atom. The van der Waals surface area contributed by atoms with Gasteiger partial charge in [-0.1, -0.05) is 11.6 Å². The van der Waals surface area contributed by atoms with Crippen LogP contribution in [-0.4, -0.2) is 10.9 Å². The summed E-state index contributed by atoms with van der Waals surface area (Å²) in [6.45, 7) is 1.92. The van der Waals surface area contributed by atoms with Crippen LogP contribution in [0, 0.1) is 6.92 Å². The average Bonchev–Trinajstić information content (AvgIpc) is 2.32. The van der Waals surface area contributed by atoms with E-state index in [4.69, 9.17) is 17.3 Å². The Morgan fingerprint density at radius 1 is 1.37 bits per heavy atom. The Labute approximate surface area is 124 Å². The molecule has 0 aliphatic carbocycles. The van der Waals surface area contributed by atoms with Gasteiger partial charge >= 0.3 is 0 Å². The topological polar surface area (TPSA) is 68.0 Å². The van der Waals surface area contributed by atoms with E-state index in [9.17, 15) is 4.79 Å². The number of nitrogen functional groups attached to an aromatic ring is 1. The Hall–Kier alpha value is -1.59. The van der Waals surface area contributed by atoms with Crippen LogP contribution in [0.1, 0.15) is 15.9 Å². The first kappa shape index (κ1) is 13.8. The predicted molar refractivity (Wildman–Crippen MR) is 80.5 cm³/mol. The molecule has 0 aliphatic rings. The minimum absolute atomic E-state index is 0.302. The Bertz CT molecular complexity index is 626. The minimum Gasteiger partial charge on any atom is -0.399 e. The molecule has 4 nitrogen and oxygen atoms in total. The molecule has 3 N–H and O–H groups in total. The maximum Gasteiger partial charge on any atom is 0.256 e. The minimum atomic E-state index is -0.302. The summed E-state index contributed by atoms with van der Waals surface area (Å²) in [5.74, 6) is 0.174. The second-order valence-corrected chi connectivity index (χ2v) is 5.34. The number of hydrogen-bond acceptors (Lipinski definition) is 3. The molecule has 98 valence electrons. The number of carbonyl (C=O) groups excluding carboxylic acids is 1. The van der Waals surface area contributed by atoms with E-state index in [1.807, 2.05) is 6.92 Å². The molecule has 2 aromatic rings. The van der Waals surface area contributed by atoms with Gasteiger partial charge in [-0.2, -0.15) is 0 Å². The first-order chi connectivity index (χ1) is 8.95. The lowest BCUT2D eigenvalue weighted by atomic mass is 10.2. The summed E-state index contributed by atoms with van der Waals surface area (Å²) in [6.07, 6.45) is 1.64. The van der Waals surface area contributed by atoms with Crippen molar-refractivity contribution >= 4 is 44.9 Å². The number of pyridine rings is 1. The van der Waals surface area contributed by atoms with Crippen molar-refractivity contribution in [3.05, 3.63) is 51.1 Å². The molecule has 0 saturated heterocycles. The van der Waals surface area contributed by atoms with Crippen LogP contribution >= 0.6 is 27.5 Å². The Balaban J connectivity index is 2.22. The van der Waals surface area contributed by atoms with E-state index in [0.29, 0.717) is 22.1 Å². The molecule has 0 spiro atoms. The molecule has 1 aromatic carbocycles. The van der Waals surface area contributed by atoms with Crippen molar-refractivity contribution in [3.8, 4) is 0 Å². The fourth-order valence-electron chi connectivity index (χ4n) is 1.54. The van der Waals surface area contributed by atoms with Crippen molar-refractivity contribution in [2.75, 3.05) is 11.1 Å². The molecule has 0 atom stereocenters. The predicted octanol–water partition coefficient (Wildman–Crippen LogP) is 3.64. The van der Waals surface area contributed by atoms with Gasteiger partial charge in [-0.3, -0.25) is 4.79 Å². The van der Waals surface area contributed by atoms with Gasteiger partial charge in [0.1, 0.15) is 5.82 Å². The highest BCUT2D eigenvalue weighted by molar-refractivity contribution is 9.10. The molecule has 0 bridgehead atoms. The molecule has 1 aromatic heterocycles. The molecule has 0 unspecified atom stereocenters. The molecular formula is C13H11BrClN3O. The second-order valence-electron chi connectivity index (χ2n) is 4.05. The number of rotatable bonds is 2. The number of halogens is 2. The Morgan fingerprint density at radius 3 is 2.74 bits per heavy atom. The smallest absolute Gasteiger partial charge is 0.256 e. The first-order valence-corrected chi connectivity index (χ1v) is 6.62. The zero-order valence-corrected chi connectivity index (χ0v) is 12.4. The SMILES string of the molecule is Cc1cc(NC(=O)c2cc(N)cc(Cl)c2)ncc1Br. The summed E-state index contributed by atoms with van der Waals surface area (Å²) in [7, 11) is 0. The average molecular weight is 341 g/mol. The van der Waals surface area contributed by atoms with Gasteiger partial charge in [0.2, 0.25) is 0 Å². The number of aryl methyl sites for hydroxylation is 1. The number of nitrogens with zero attached hydrogens (tertiary/aromatic N) is 1. The largest absolute Gasteiger partial charge is 0.399 e. The van der Waals surface area contributed by atoms with E-state index in [1.165, 1.54) is 0 Å². The van der Waals surface area contributed by atoms with E-state index < -0.39 is 0 Å². The van der Waals surface area contributed by atoms with E-state index in [1.54, 1.807) is 30.5 Å². The number of amides is 1. The number of nitrogens with one attached hydrogen (secondary N) is 1. The third kappa shape index (κ3) is 3.45. The number of hydrogen-bond donors (Lipinski definition) is 2. The lowest BCUT2D eigenvalue weighted by Gasteiger charge is -2.07. The normalized spacial score (nSPS) is 10.3. The zero-order valence-electron chi connectivity index (χ0n) is 10.1. The van der Waals surface area contributed by atoms with Crippen LogP contribution in [-0.2, 0) is 0 Å². The molecule has 1 heterocycles. The van der Waals surface area contributed by atoms with Crippen LogP contribution in [0.25, 0.3) is 0 Å². The maximum atomic E-state index is 12.0. The fraction of sp³-hybridized carbons (Fsp3) is 0.0769. The number of carbonyl (C=O) groups is 1. The van der Waals surface area contributed by atoms with E-state index in [0.717, 1.165) is 10.0 Å². The monoisotopic (exact) mass is 339 g/mol. The van der Waals surface area contributed by atoms with E-state index in [2.05, 4.69) is 26.2 Å². The number of nitrogens with two attached hydrogens (primary N) is 1. The molecule has 6 heteroatoms. The van der Waals surface area contributed by atoms with Crippen molar-refractivity contribution < 1.29 is 4.79 Å². The van der Waals surface area contributed by atoms with Crippen LogP contribution < -0.4 is 11.1 Å². The molecule has 2 rings (SSSR count). The van der Waals surface area contributed by atoms with Crippen LogP contribution in [0.3, 0.4) is 0 Å². The molecular weight excluding hydrogens is 330 g/mol. The van der Waals surface area contributed by atoms with Gasteiger partial charge in [0, 0.05) is 26.9 Å². The lowest BCUT2D eigenvalue weighted by Crippen LogP contribution is -2.13. The van der Waals surface area contributed by atoms with Gasteiger partial charge in [0.15, 0.2) is 0 Å². The second kappa shape index (κ2) is 5.59. The van der Waals surface area contributed by atoms with Crippen LogP contribution in [0.2, 0.25) is 5.02 Å². The lowest BCUT2D eigenvalue weighted by molar-refractivity contribution is 0.102. The van der Waals surface area contributed by atoms with Gasteiger partial charge in [-0.15, -0.1) is 0 Å². The van der Waals surface area contributed by atoms with E-state index in [-0.39, 0.29) is 5.91 Å². The van der Waals surface area contributed by atoms with Crippen molar-refractivity contribution in [2.24, 2.45) is 0 Å². The number of benzene rings is 1.